The van der Waals surface area contributed by atoms with E-state index in [1.54, 1.807) is 12.3 Å². The highest BCUT2D eigenvalue weighted by Gasteiger charge is 2.19. The number of rotatable bonds is 1. The number of nitrogen functional groups attached to an aromatic ring is 1. The van der Waals surface area contributed by atoms with Gasteiger partial charge in [0.1, 0.15) is 0 Å². The minimum Gasteiger partial charge on any atom is -0.396 e. The number of nitrogens with two attached hydrogens (primary N) is 1. The van der Waals surface area contributed by atoms with E-state index >= 15 is 0 Å². The van der Waals surface area contributed by atoms with Gasteiger partial charge in [0.2, 0.25) is 0 Å². The molecule has 3 rings (SSSR count). The number of aromatic nitrogens is 3. The largest absolute Gasteiger partial charge is 0.396 e. The molecule has 102 valence electrons. The molecule has 0 amide bonds. The molecule has 20 heavy (non-hydrogen) atoms. The molecule has 0 unspecified atom stereocenters. The van der Waals surface area contributed by atoms with Gasteiger partial charge < -0.3 is 5.73 Å². The van der Waals surface area contributed by atoms with E-state index in [0.29, 0.717) is 15.8 Å². The molecule has 4 nitrogen and oxygen atoms in total. The van der Waals surface area contributed by atoms with Crippen molar-refractivity contribution in [1.82, 2.24) is 14.6 Å². The third-order valence-electron chi connectivity index (χ3n) is 2.78. The normalized spacial score (nSPS) is 11.2. The molecule has 0 fully saturated rings. The van der Waals surface area contributed by atoms with Crippen molar-refractivity contribution in [1.29, 1.82) is 0 Å². The second-order valence-electron chi connectivity index (χ2n) is 4.05. The maximum absolute atomic E-state index is 13.8. The van der Waals surface area contributed by atoms with Crippen LogP contribution in [0, 0.1) is 17.5 Å². The van der Waals surface area contributed by atoms with Crippen LogP contribution in [-0.4, -0.2) is 14.6 Å². The Kier molecular flexibility index (Phi) is 2.89. The van der Waals surface area contributed by atoms with Crippen LogP contribution in [0.4, 0.5) is 18.9 Å². The Balaban J connectivity index is 2.33. The number of nitrogens with zero attached hydrogens (tertiary/aromatic N) is 3. The van der Waals surface area contributed by atoms with Crippen LogP contribution in [0.2, 0.25) is 0 Å². The molecule has 0 aliphatic rings. The molecule has 3 aromatic rings. The van der Waals surface area contributed by atoms with Gasteiger partial charge in [0, 0.05) is 10.7 Å². The molecule has 0 saturated carbocycles. The van der Waals surface area contributed by atoms with Crippen molar-refractivity contribution in [2.24, 2.45) is 0 Å². The van der Waals surface area contributed by atoms with Crippen molar-refractivity contribution in [2.75, 3.05) is 5.73 Å². The van der Waals surface area contributed by atoms with Crippen molar-refractivity contribution in [2.45, 2.75) is 0 Å². The lowest BCUT2D eigenvalue weighted by atomic mass is 10.2. The highest BCUT2D eigenvalue weighted by molar-refractivity contribution is 9.10. The van der Waals surface area contributed by atoms with Crippen LogP contribution in [0.5, 0.6) is 0 Å². The van der Waals surface area contributed by atoms with Crippen LogP contribution in [0.25, 0.3) is 17.0 Å². The van der Waals surface area contributed by atoms with Crippen molar-refractivity contribution >= 4 is 27.3 Å². The van der Waals surface area contributed by atoms with Crippen molar-refractivity contribution in [3.8, 4) is 11.4 Å². The molecular formula is C12H6BrF3N4. The molecule has 0 radical (unpaired) electrons. The number of hydrogen-bond donors (Lipinski definition) is 1. The minimum atomic E-state index is -1.55. The van der Waals surface area contributed by atoms with Gasteiger partial charge in [-0.3, -0.25) is 4.40 Å². The number of benzene rings is 1. The van der Waals surface area contributed by atoms with E-state index in [1.165, 1.54) is 4.40 Å². The van der Waals surface area contributed by atoms with Crippen LogP contribution in [-0.2, 0) is 0 Å². The number of fused-ring (bicyclic) bond motifs is 1. The molecule has 0 atom stereocenters. The maximum Gasteiger partial charge on any atom is 0.195 e. The fourth-order valence-electron chi connectivity index (χ4n) is 1.87. The van der Waals surface area contributed by atoms with Gasteiger partial charge in [0.25, 0.3) is 0 Å². The second kappa shape index (κ2) is 4.48. The van der Waals surface area contributed by atoms with Gasteiger partial charge in [-0.1, -0.05) is 0 Å². The van der Waals surface area contributed by atoms with E-state index in [0.717, 1.165) is 12.1 Å². The molecular weight excluding hydrogens is 337 g/mol. The summed E-state index contributed by atoms with van der Waals surface area (Å²) in [5.41, 5.74) is 6.18. The van der Waals surface area contributed by atoms with Gasteiger partial charge in [-0.15, -0.1) is 10.2 Å². The molecule has 2 heterocycles. The first-order valence-corrected chi connectivity index (χ1v) is 6.22. The molecule has 2 N–H and O–H groups in total. The summed E-state index contributed by atoms with van der Waals surface area (Å²) in [6.07, 6.45) is 1.56. The predicted molar refractivity (Wildman–Crippen MR) is 70.4 cm³/mol. The number of anilines is 1. The zero-order valence-electron chi connectivity index (χ0n) is 9.74. The molecule has 1 aromatic carbocycles. The van der Waals surface area contributed by atoms with Crippen LogP contribution < -0.4 is 5.73 Å². The number of pyridine rings is 1. The summed E-state index contributed by atoms with van der Waals surface area (Å²) in [4.78, 5) is 0. The lowest BCUT2D eigenvalue weighted by molar-refractivity contribution is 0.448. The van der Waals surface area contributed by atoms with E-state index in [-0.39, 0.29) is 11.4 Å². The molecule has 0 spiro atoms. The van der Waals surface area contributed by atoms with Crippen LogP contribution in [0.3, 0.4) is 0 Å². The van der Waals surface area contributed by atoms with E-state index < -0.39 is 17.5 Å². The molecule has 0 bridgehead atoms. The fourth-order valence-corrected chi connectivity index (χ4v) is 2.32. The SMILES string of the molecule is Nc1cc(Br)cn2c(-c3ccc(F)c(F)c3F)nnc12. The van der Waals surface area contributed by atoms with Crippen LogP contribution in [0.1, 0.15) is 0 Å². The van der Waals surface area contributed by atoms with Crippen molar-refractivity contribution in [3.05, 3.63) is 46.3 Å². The van der Waals surface area contributed by atoms with E-state index in [2.05, 4.69) is 26.1 Å². The molecule has 0 saturated heterocycles. The number of halogens is 4. The fraction of sp³-hybridized carbons (Fsp3) is 0. The summed E-state index contributed by atoms with van der Waals surface area (Å²) in [6, 6.07) is 3.53. The van der Waals surface area contributed by atoms with Crippen LogP contribution in [0.15, 0.2) is 28.9 Å². The summed E-state index contributed by atoms with van der Waals surface area (Å²) in [6.45, 7) is 0. The highest BCUT2D eigenvalue weighted by Crippen LogP contribution is 2.27. The molecule has 2 aromatic heterocycles. The quantitative estimate of drug-likeness (QED) is 0.691. The Morgan fingerprint density at radius 3 is 2.60 bits per heavy atom. The summed E-state index contributed by atoms with van der Waals surface area (Å²) in [5, 5.41) is 7.60. The maximum atomic E-state index is 13.8. The summed E-state index contributed by atoms with van der Waals surface area (Å²) < 4.78 is 42.1. The zero-order chi connectivity index (χ0) is 14.4. The predicted octanol–water partition coefficient (Wildman–Crippen LogP) is 3.16. The Hall–Kier alpha value is -2.09. The smallest absolute Gasteiger partial charge is 0.195 e. The monoisotopic (exact) mass is 342 g/mol. The summed E-state index contributed by atoms with van der Waals surface area (Å²) >= 11 is 3.24. The first-order chi connectivity index (χ1) is 9.49. The molecule has 0 aliphatic heterocycles. The Morgan fingerprint density at radius 1 is 1.10 bits per heavy atom. The van der Waals surface area contributed by atoms with Crippen LogP contribution >= 0.6 is 15.9 Å². The Morgan fingerprint density at radius 2 is 1.85 bits per heavy atom. The van der Waals surface area contributed by atoms with Gasteiger partial charge in [-0.05, 0) is 34.1 Å². The lowest BCUT2D eigenvalue weighted by Crippen LogP contribution is -1.98. The van der Waals surface area contributed by atoms with Crippen molar-refractivity contribution < 1.29 is 13.2 Å². The highest BCUT2D eigenvalue weighted by atomic mass is 79.9. The van der Waals surface area contributed by atoms with Gasteiger partial charge in [0.15, 0.2) is 28.9 Å². The van der Waals surface area contributed by atoms with Gasteiger partial charge in [-0.25, -0.2) is 13.2 Å². The number of hydrogen-bond acceptors (Lipinski definition) is 3. The summed E-state index contributed by atoms with van der Waals surface area (Å²) in [7, 11) is 0. The van der Waals surface area contributed by atoms with E-state index in [9.17, 15) is 13.2 Å². The Bertz CT molecular complexity index is 831. The van der Waals surface area contributed by atoms with Gasteiger partial charge in [0.05, 0.1) is 11.3 Å². The topological polar surface area (TPSA) is 56.2 Å². The van der Waals surface area contributed by atoms with Crippen molar-refractivity contribution in [3.63, 3.8) is 0 Å². The third kappa shape index (κ3) is 1.83. The average Bonchev–Trinajstić information content (AvgIpc) is 2.80. The standard InChI is InChI=1S/C12H6BrF3N4/c13-5-3-8(17)12-19-18-11(20(12)4-5)6-1-2-7(14)10(16)9(6)15/h1-4H,17H2. The lowest BCUT2D eigenvalue weighted by Gasteiger charge is -2.04. The first-order valence-electron chi connectivity index (χ1n) is 5.42. The summed E-state index contributed by atoms with van der Waals surface area (Å²) in [5.74, 6) is -4.11. The van der Waals surface area contributed by atoms with E-state index in [1.807, 2.05) is 0 Å². The third-order valence-corrected chi connectivity index (χ3v) is 3.21. The Labute approximate surface area is 119 Å². The minimum absolute atomic E-state index is 0.0319. The van der Waals surface area contributed by atoms with Gasteiger partial charge >= 0.3 is 0 Å². The molecule has 8 heteroatoms. The average molecular weight is 343 g/mol. The zero-order valence-corrected chi connectivity index (χ0v) is 11.3. The molecule has 0 aliphatic carbocycles. The van der Waals surface area contributed by atoms with Gasteiger partial charge in [-0.2, -0.15) is 0 Å². The first kappa shape index (κ1) is 12.9. The second-order valence-corrected chi connectivity index (χ2v) is 4.97. The van der Waals surface area contributed by atoms with E-state index in [4.69, 9.17) is 5.73 Å².